The van der Waals surface area contributed by atoms with Crippen molar-refractivity contribution in [3.8, 4) is 44.8 Å². The van der Waals surface area contributed by atoms with Crippen molar-refractivity contribution in [3.05, 3.63) is 287 Å². The van der Waals surface area contributed by atoms with E-state index < -0.39 is 0 Å². The minimum absolute atomic E-state index is 0.162. The molecule has 0 radical (unpaired) electrons. The fraction of sp³-hybridized carbons (Fsp3) is 0.0769. The van der Waals surface area contributed by atoms with Gasteiger partial charge in [0.25, 0.3) is 0 Å². The van der Waals surface area contributed by atoms with Gasteiger partial charge in [-0.3, -0.25) is 0 Å². The lowest BCUT2D eigenvalue weighted by Crippen LogP contribution is -2.15. The highest BCUT2D eigenvalue weighted by molar-refractivity contribution is 6.13. The second-order valence-electron chi connectivity index (χ2n) is 23.3. The maximum absolute atomic E-state index is 2.47. The van der Waals surface area contributed by atoms with Crippen LogP contribution in [-0.4, -0.2) is 9.13 Å². The van der Waals surface area contributed by atoms with E-state index in [2.05, 4.69) is 304 Å². The number of aromatic nitrogens is 2. The molecule has 0 spiro atoms. The molecule has 0 fully saturated rings. The van der Waals surface area contributed by atoms with Crippen molar-refractivity contribution in [1.29, 1.82) is 0 Å². The number of para-hydroxylation sites is 2. The van der Waals surface area contributed by atoms with Gasteiger partial charge in [-0.1, -0.05) is 234 Å². The summed E-state index contributed by atoms with van der Waals surface area (Å²) in [5.74, 6) is 0. The Morgan fingerprint density at radius 2 is 0.588 bits per heavy atom. The summed E-state index contributed by atoms with van der Waals surface area (Å²) >= 11 is 0. The maximum atomic E-state index is 2.47. The third-order valence-electron chi connectivity index (χ3n) is 18.1. The van der Waals surface area contributed by atoms with Crippen molar-refractivity contribution in [2.45, 2.75) is 38.5 Å². The van der Waals surface area contributed by atoms with Gasteiger partial charge in [-0.05, 0) is 149 Å². The monoisotopic (exact) mass is 1020 g/mol. The van der Waals surface area contributed by atoms with Gasteiger partial charge in [0.2, 0.25) is 0 Å². The number of benzene rings is 12. The summed E-state index contributed by atoms with van der Waals surface area (Å²) in [4.78, 5) is 0. The predicted molar refractivity (Wildman–Crippen MR) is 341 cm³/mol. The Bertz CT molecular complexity index is 4680. The standard InChI is InChI=1S/C78H56N2/c1-77(2)67-45-51(29-27-49-33-41-75-65(43-49)63-21-9-11-23-73(63)79(75)71-25-13-17-53-15-5-7-19-57(53)71)31-37-59(67)61-39-35-55(47-69(61)77)56-36-40-62-60-38-32-52(46-68(60)78(3,4)70(62)48-56)30-28-50-34-42-76-66(44-50)64-22-10-12-24-74(64)80(76)72-26-14-18-54-16-6-8-20-58(54)72/h5-48H,1-4H3/b29-27+,30-28+. The molecular weight excluding hydrogens is 965 g/mol. The zero-order valence-corrected chi connectivity index (χ0v) is 45.3. The molecule has 0 aliphatic heterocycles. The first kappa shape index (κ1) is 46.3. The molecule has 0 atom stereocenters. The summed E-state index contributed by atoms with van der Waals surface area (Å²) in [7, 11) is 0. The summed E-state index contributed by atoms with van der Waals surface area (Å²) in [5, 5.41) is 10.0. The highest BCUT2D eigenvalue weighted by Gasteiger charge is 2.38. The Hall–Kier alpha value is -9.76. The Balaban J connectivity index is 0.666. The van der Waals surface area contributed by atoms with Gasteiger partial charge in [-0.15, -0.1) is 0 Å². The lowest BCUT2D eigenvalue weighted by Gasteiger charge is -2.23. The van der Waals surface area contributed by atoms with E-state index in [1.807, 2.05) is 0 Å². The third-order valence-corrected chi connectivity index (χ3v) is 18.1. The highest BCUT2D eigenvalue weighted by Crippen LogP contribution is 2.53. The molecule has 378 valence electrons. The lowest BCUT2D eigenvalue weighted by atomic mass is 9.80. The van der Waals surface area contributed by atoms with Crippen molar-refractivity contribution in [1.82, 2.24) is 9.13 Å². The first-order valence-electron chi connectivity index (χ1n) is 28.1. The van der Waals surface area contributed by atoms with E-state index >= 15 is 0 Å². The number of hydrogen-bond donors (Lipinski definition) is 0. The van der Waals surface area contributed by atoms with Gasteiger partial charge in [-0.2, -0.15) is 0 Å². The topological polar surface area (TPSA) is 9.86 Å². The number of hydrogen-bond acceptors (Lipinski definition) is 0. The SMILES string of the molecule is CC1(C)c2cc(/C=C/c3ccc4c(c3)c3ccccc3n4-c3cccc4ccccc34)ccc2-c2ccc(-c3ccc4c(c3)C(C)(C)c3cc(/C=C/c5ccc6c(c5)c5ccccc5n6-c5cccc6ccccc56)ccc3-4)cc21. The molecule has 16 rings (SSSR count). The zero-order valence-electron chi connectivity index (χ0n) is 45.3. The molecule has 80 heavy (non-hydrogen) atoms. The minimum Gasteiger partial charge on any atom is -0.309 e. The van der Waals surface area contributed by atoms with Crippen molar-refractivity contribution in [2.24, 2.45) is 0 Å². The molecule has 14 aromatic rings. The van der Waals surface area contributed by atoms with Crippen LogP contribution in [0.4, 0.5) is 0 Å². The molecule has 2 heteroatoms. The van der Waals surface area contributed by atoms with Gasteiger partial charge >= 0.3 is 0 Å². The first-order chi connectivity index (χ1) is 39.2. The summed E-state index contributed by atoms with van der Waals surface area (Å²) in [5.41, 5.74) is 25.1. The molecule has 2 aliphatic carbocycles. The van der Waals surface area contributed by atoms with Gasteiger partial charge in [0.1, 0.15) is 0 Å². The van der Waals surface area contributed by atoms with E-state index in [4.69, 9.17) is 0 Å². The van der Waals surface area contributed by atoms with Gasteiger partial charge < -0.3 is 9.13 Å². The average Bonchev–Trinajstić information content (AvgIpc) is 4.38. The fourth-order valence-corrected chi connectivity index (χ4v) is 14.0. The van der Waals surface area contributed by atoms with Crippen LogP contribution in [-0.2, 0) is 10.8 Å². The quantitative estimate of drug-likeness (QED) is 0.141. The molecule has 2 aliphatic rings. The number of nitrogens with zero attached hydrogens (tertiary/aromatic N) is 2. The maximum Gasteiger partial charge on any atom is 0.0541 e. The molecule has 0 unspecified atom stereocenters. The third kappa shape index (κ3) is 6.98. The van der Waals surface area contributed by atoms with Crippen molar-refractivity contribution in [2.75, 3.05) is 0 Å². The van der Waals surface area contributed by atoms with Crippen molar-refractivity contribution < 1.29 is 0 Å². The van der Waals surface area contributed by atoms with Gasteiger partial charge in [0.05, 0.1) is 33.4 Å². The van der Waals surface area contributed by atoms with E-state index in [-0.39, 0.29) is 10.8 Å². The van der Waals surface area contributed by atoms with Crippen LogP contribution in [0.3, 0.4) is 0 Å². The van der Waals surface area contributed by atoms with Crippen molar-refractivity contribution >= 4 is 89.5 Å². The largest absolute Gasteiger partial charge is 0.309 e. The van der Waals surface area contributed by atoms with Crippen LogP contribution in [0.15, 0.2) is 243 Å². The molecule has 0 N–H and O–H groups in total. The molecule has 0 saturated heterocycles. The lowest BCUT2D eigenvalue weighted by molar-refractivity contribution is 0.659. The summed E-state index contributed by atoms with van der Waals surface area (Å²) in [6.45, 7) is 9.58. The van der Waals surface area contributed by atoms with Gasteiger partial charge in [-0.25, -0.2) is 0 Å². The minimum atomic E-state index is -0.162. The Morgan fingerprint density at radius 3 is 1.02 bits per heavy atom. The molecule has 0 saturated carbocycles. The molecular formula is C78H56N2. The van der Waals surface area contributed by atoms with Crippen LogP contribution in [0.2, 0.25) is 0 Å². The van der Waals surface area contributed by atoms with Crippen LogP contribution in [0.25, 0.3) is 134 Å². The second kappa shape index (κ2) is 17.4. The molecule has 0 amide bonds. The average molecular weight is 1020 g/mol. The van der Waals surface area contributed by atoms with Crippen LogP contribution >= 0.6 is 0 Å². The van der Waals surface area contributed by atoms with Gasteiger partial charge in [0, 0.05) is 43.1 Å². The smallest absolute Gasteiger partial charge is 0.0541 e. The summed E-state index contributed by atoms with van der Waals surface area (Å²) in [6.07, 6.45) is 9.12. The van der Waals surface area contributed by atoms with E-state index in [1.165, 1.54) is 154 Å². The normalized spacial score (nSPS) is 14.1. The van der Waals surface area contributed by atoms with Crippen LogP contribution in [0, 0.1) is 0 Å². The Morgan fingerprint density at radius 1 is 0.263 bits per heavy atom. The van der Waals surface area contributed by atoms with Crippen LogP contribution in [0.5, 0.6) is 0 Å². The van der Waals surface area contributed by atoms with E-state index in [9.17, 15) is 0 Å². The molecule has 2 aromatic heterocycles. The van der Waals surface area contributed by atoms with Crippen molar-refractivity contribution in [3.63, 3.8) is 0 Å². The number of rotatable bonds is 7. The van der Waals surface area contributed by atoms with Crippen LogP contribution in [0.1, 0.15) is 72.2 Å². The van der Waals surface area contributed by atoms with E-state index in [1.54, 1.807) is 0 Å². The molecule has 2 heterocycles. The zero-order chi connectivity index (χ0) is 53.4. The highest BCUT2D eigenvalue weighted by atomic mass is 15.0. The molecule has 12 aromatic carbocycles. The van der Waals surface area contributed by atoms with Crippen LogP contribution < -0.4 is 0 Å². The Kier molecular flexibility index (Phi) is 10.1. The van der Waals surface area contributed by atoms with Gasteiger partial charge in [0.15, 0.2) is 0 Å². The summed E-state index contributed by atoms with van der Waals surface area (Å²) in [6, 6.07) is 90.4. The number of fused-ring (bicyclic) bond motifs is 14. The predicted octanol–water partition coefficient (Wildman–Crippen LogP) is 20.8. The van der Waals surface area contributed by atoms with E-state index in [0.717, 1.165) is 0 Å². The fourth-order valence-electron chi connectivity index (χ4n) is 14.0. The van der Waals surface area contributed by atoms with E-state index in [0.29, 0.717) is 0 Å². The summed E-state index contributed by atoms with van der Waals surface area (Å²) < 4.78 is 4.86. The molecule has 0 bridgehead atoms. The Labute approximate surface area is 466 Å². The molecule has 2 nitrogen and oxygen atoms in total. The second-order valence-corrected chi connectivity index (χ2v) is 23.3. The first-order valence-corrected chi connectivity index (χ1v) is 28.1.